The van der Waals surface area contributed by atoms with Gasteiger partial charge < -0.3 is 4.74 Å². The monoisotopic (exact) mass is 309 g/mol. The summed E-state index contributed by atoms with van der Waals surface area (Å²) in [5.74, 6) is -0.584. The molecule has 0 unspecified atom stereocenters. The van der Waals surface area contributed by atoms with E-state index < -0.39 is 16.0 Å². The Labute approximate surface area is 122 Å². The third-order valence-corrected chi connectivity index (χ3v) is 4.22. The van der Waals surface area contributed by atoms with E-state index in [0.717, 1.165) is 0 Å². The zero-order valence-corrected chi connectivity index (χ0v) is 12.4. The number of carbonyl (C=O) groups is 1. The predicted molar refractivity (Wildman–Crippen MR) is 76.5 cm³/mol. The van der Waals surface area contributed by atoms with Crippen LogP contribution >= 0.6 is 0 Å². The standard InChI is InChI=1S/C13H15N3O4S/c1-3-20-13(17)10-6-4-5-7-11(10)16-21(18,19)12-8-14-15-9(12)2/h4-8,16H,3H2,1-2H3,(H,14,15). The number of ether oxygens (including phenoxy) is 1. The lowest BCUT2D eigenvalue weighted by molar-refractivity contribution is 0.0527. The number of aromatic nitrogens is 2. The molecule has 0 saturated carbocycles. The fraction of sp³-hybridized carbons (Fsp3) is 0.231. The zero-order chi connectivity index (χ0) is 15.5. The van der Waals surface area contributed by atoms with E-state index in [1.54, 1.807) is 26.0 Å². The second kappa shape index (κ2) is 5.96. The quantitative estimate of drug-likeness (QED) is 0.819. The van der Waals surface area contributed by atoms with E-state index in [0.29, 0.717) is 5.69 Å². The SMILES string of the molecule is CCOC(=O)c1ccccc1NS(=O)(=O)c1cn[nH]c1C. The van der Waals surface area contributed by atoms with Gasteiger partial charge in [-0.15, -0.1) is 0 Å². The Morgan fingerprint density at radius 1 is 1.38 bits per heavy atom. The van der Waals surface area contributed by atoms with Crippen LogP contribution < -0.4 is 4.72 Å². The summed E-state index contributed by atoms with van der Waals surface area (Å²) in [5.41, 5.74) is 0.733. The first kappa shape index (κ1) is 15.0. The average molecular weight is 309 g/mol. The van der Waals surface area contributed by atoms with Gasteiger partial charge in [0, 0.05) is 0 Å². The van der Waals surface area contributed by atoms with Gasteiger partial charge in [-0.2, -0.15) is 5.10 Å². The number of H-pyrrole nitrogens is 1. The first-order valence-corrected chi connectivity index (χ1v) is 7.73. The molecule has 1 aromatic carbocycles. The molecule has 1 aromatic heterocycles. The van der Waals surface area contributed by atoms with Crippen molar-refractivity contribution in [2.45, 2.75) is 18.7 Å². The number of nitrogens with zero attached hydrogens (tertiary/aromatic N) is 1. The maximum atomic E-state index is 12.3. The van der Waals surface area contributed by atoms with Gasteiger partial charge in [0.05, 0.1) is 29.7 Å². The smallest absolute Gasteiger partial charge is 0.340 e. The molecule has 2 N–H and O–H groups in total. The predicted octanol–water partition coefficient (Wildman–Crippen LogP) is 1.70. The van der Waals surface area contributed by atoms with E-state index in [1.807, 2.05) is 0 Å². The summed E-state index contributed by atoms with van der Waals surface area (Å²) in [7, 11) is -3.82. The lowest BCUT2D eigenvalue weighted by Gasteiger charge is -2.11. The molecule has 0 bridgehead atoms. The molecule has 1 heterocycles. The van der Waals surface area contributed by atoms with E-state index in [2.05, 4.69) is 14.9 Å². The van der Waals surface area contributed by atoms with Crippen LogP contribution in [0.1, 0.15) is 23.0 Å². The van der Waals surface area contributed by atoms with Crippen molar-refractivity contribution in [2.24, 2.45) is 0 Å². The molecule has 8 heteroatoms. The van der Waals surface area contributed by atoms with Crippen molar-refractivity contribution >= 4 is 21.7 Å². The zero-order valence-electron chi connectivity index (χ0n) is 11.6. The van der Waals surface area contributed by atoms with Gasteiger partial charge in [0.2, 0.25) is 0 Å². The van der Waals surface area contributed by atoms with Crippen LogP contribution in [0.15, 0.2) is 35.4 Å². The van der Waals surface area contributed by atoms with Crippen molar-refractivity contribution in [3.05, 3.63) is 41.7 Å². The minimum Gasteiger partial charge on any atom is -0.462 e. The van der Waals surface area contributed by atoms with Crippen LogP contribution in [-0.4, -0.2) is 31.2 Å². The number of hydrogen-bond acceptors (Lipinski definition) is 5. The number of aryl methyl sites for hydroxylation is 1. The van der Waals surface area contributed by atoms with Crippen LogP contribution in [-0.2, 0) is 14.8 Å². The normalized spacial score (nSPS) is 11.1. The Bertz CT molecular complexity index is 752. The lowest BCUT2D eigenvalue weighted by Crippen LogP contribution is -2.16. The number of carbonyl (C=O) groups excluding carboxylic acids is 1. The number of nitrogens with one attached hydrogen (secondary N) is 2. The third-order valence-electron chi connectivity index (χ3n) is 2.74. The molecule has 0 atom stereocenters. The van der Waals surface area contributed by atoms with Crippen molar-refractivity contribution in [3.8, 4) is 0 Å². The second-order valence-electron chi connectivity index (χ2n) is 4.23. The minimum atomic E-state index is -3.82. The van der Waals surface area contributed by atoms with Gasteiger partial charge in [-0.25, -0.2) is 13.2 Å². The summed E-state index contributed by atoms with van der Waals surface area (Å²) in [4.78, 5) is 11.9. The summed E-state index contributed by atoms with van der Waals surface area (Å²) < 4.78 is 31.9. The number of rotatable bonds is 5. The number of anilines is 1. The Morgan fingerprint density at radius 2 is 2.10 bits per heavy atom. The summed E-state index contributed by atoms with van der Waals surface area (Å²) in [6.07, 6.45) is 1.21. The van der Waals surface area contributed by atoms with Gasteiger partial charge in [-0.1, -0.05) is 12.1 Å². The van der Waals surface area contributed by atoms with Gasteiger partial charge in [0.15, 0.2) is 0 Å². The molecule has 0 aliphatic heterocycles. The number of benzene rings is 1. The van der Waals surface area contributed by atoms with Gasteiger partial charge in [-0.05, 0) is 26.0 Å². The Hall–Kier alpha value is -2.35. The molecule has 0 fully saturated rings. The third kappa shape index (κ3) is 3.22. The molecule has 0 spiro atoms. The van der Waals surface area contributed by atoms with Crippen LogP contribution in [0.4, 0.5) is 5.69 Å². The van der Waals surface area contributed by atoms with E-state index >= 15 is 0 Å². The van der Waals surface area contributed by atoms with Gasteiger partial charge in [-0.3, -0.25) is 9.82 Å². The summed E-state index contributed by atoms with van der Waals surface area (Å²) in [6.45, 7) is 3.49. The minimum absolute atomic E-state index is 0.0289. The highest BCUT2D eigenvalue weighted by atomic mass is 32.2. The molecule has 0 saturated heterocycles. The van der Waals surface area contributed by atoms with Gasteiger partial charge >= 0.3 is 5.97 Å². The maximum Gasteiger partial charge on any atom is 0.340 e. The fourth-order valence-electron chi connectivity index (χ4n) is 1.77. The van der Waals surface area contributed by atoms with Crippen molar-refractivity contribution in [1.82, 2.24) is 10.2 Å². The number of esters is 1. The molecule has 0 amide bonds. The maximum absolute atomic E-state index is 12.3. The molecule has 0 aliphatic rings. The first-order chi connectivity index (χ1) is 9.95. The van der Waals surface area contributed by atoms with Crippen molar-refractivity contribution in [1.29, 1.82) is 0 Å². The van der Waals surface area contributed by atoms with E-state index in [-0.39, 0.29) is 22.8 Å². The molecule has 112 valence electrons. The van der Waals surface area contributed by atoms with E-state index in [4.69, 9.17) is 4.74 Å². The molecule has 0 aliphatic carbocycles. The highest BCUT2D eigenvalue weighted by molar-refractivity contribution is 7.92. The highest BCUT2D eigenvalue weighted by Crippen LogP contribution is 2.21. The molecule has 0 radical (unpaired) electrons. The van der Waals surface area contributed by atoms with Crippen LogP contribution in [0, 0.1) is 6.92 Å². The number of sulfonamides is 1. The van der Waals surface area contributed by atoms with Gasteiger partial charge in [0.1, 0.15) is 4.90 Å². The number of para-hydroxylation sites is 1. The highest BCUT2D eigenvalue weighted by Gasteiger charge is 2.21. The first-order valence-electron chi connectivity index (χ1n) is 6.24. The molecule has 21 heavy (non-hydrogen) atoms. The van der Waals surface area contributed by atoms with Crippen molar-refractivity contribution in [3.63, 3.8) is 0 Å². The van der Waals surface area contributed by atoms with Crippen LogP contribution in [0.3, 0.4) is 0 Å². The second-order valence-corrected chi connectivity index (χ2v) is 5.88. The Balaban J connectivity index is 2.36. The summed E-state index contributed by atoms with van der Waals surface area (Å²) >= 11 is 0. The lowest BCUT2D eigenvalue weighted by atomic mass is 10.2. The van der Waals surface area contributed by atoms with Crippen LogP contribution in [0.2, 0.25) is 0 Å². The molecule has 2 aromatic rings. The number of hydrogen-bond donors (Lipinski definition) is 2. The summed E-state index contributed by atoms with van der Waals surface area (Å²) in [6, 6.07) is 6.26. The Kier molecular flexibility index (Phi) is 4.27. The Morgan fingerprint density at radius 3 is 2.71 bits per heavy atom. The largest absolute Gasteiger partial charge is 0.462 e. The van der Waals surface area contributed by atoms with Gasteiger partial charge in [0.25, 0.3) is 10.0 Å². The molecular formula is C13H15N3O4S. The molecule has 2 rings (SSSR count). The number of aromatic amines is 1. The van der Waals surface area contributed by atoms with Crippen molar-refractivity contribution in [2.75, 3.05) is 11.3 Å². The molecular weight excluding hydrogens is 294 g/mol. The average Bonchev–Trinajstić information content (AvgIpc) is 2.86. The fourth-order valence-corrected chi connectivity index (χ4v) is 2.99. The van der Waals surface area contributed by atoms with Crippen LogP contribution in [0.5, 0.6) is 0 Å². The van der Waals surface area contributed by atoms with E-state index in [1.165, 1.54) is 18.3 Å². The summed E-state index contributed by atoms with van der Waals surface area (Å²) in [5, 5.41) is 6.24. The molecule has 7 nitrogen and oxygen atoms in total. The van der Waals surface area contributed by atoms with Crippen molar-refractivity contribution < 1.29 is 17.9 Å². The van der Waals surface area contributed by atoms with Crippen LogP contribution in [0.25, 0.3) is 0 Å². The van der Waals surface area contributed by atoms with E-state index in [9.17, 15) is 13.2 Å². The topological polar surface area (TPSA) is 101 Å².